The van der Waals surface area contributed by atoms with Gasteiger partial charge in [-0.05, 0) is 69.7 Å². The van der Waals surface area contributed by atoms with E-state index < -0.39 is 5.60 Å². The number of amides is 1. The molecule has 0 N–H and O–H groups in total. The Morgan fingerprint density at radius 3 is 2.78 bits per heavy atom. The Morgan fingerprint density at radius 2 is 2.13 bits per heavy atom. The minimum absolute atomic E-state index is 0.0757. The molecule has 2 aliphatic heterocycles. The molecule has 0 aromatic carbocycles. The standard InChI is InChI=1S/C17H22ClN3O2/c1-10-9-19-15(18)20-14(10)11-7-12-5-6-13(8-11)21(12)16(22)23-17(2,3)4/h7,9,12-13H,5-6,8H2,1-4H3. The quantitative estimate of drug-likeness (QED) is 0.728. The van der Waals surface area contributed by atoms with Crippen molar-refractivity contribution in [2.75, 3.05) is 0 Å². The fraction of sp³-hybridized carbons (Fsp3) is 0.588. The lowest BCUT2D eigenvalue weighted by molar-refractivity contribution is 0.0175. The van der Waals surface area contributed by atoms with E-state index in [9.17, 15) is 4.79 Å². The molecule has 2 bridgehead atoms. The Labute approximate surface area is 141 Å². The first-order chi connectivity index (χ1) is 10.7. The number of aromatic nitrogens is 2. The third-order valence-electron chi connectivity index (χ3n) is 4.25. The van der Waals surface area contributed by atoms with E-state index in [-0.39, 0.29) is 23.5 Å². The van der Waals surface area contributed by atoms with E-state index in [1.807, 2.05) is 32.6 Å². The fourth-order valence-corrected chi connectivity index (χ4v) is 3.48. The molecule has 0 saturated carbocycles. The lowest BCUT2D eigenvalue weighted by Gasteiger charge is -2.35. The summed E-state index contributed by atoms with van der Waals surface area (Å²) in [5.74, 6) is 0. The van der Waals surface area contributed by atoms with Crippen LogP contribution >= 0.6 is 11.6 Å². The van der Waals surface area contributed by atoms with Crippen LogP contribution in [0.15, 0.2) is 12.3 Å². The van der Waals surface area contributed by atoms with Crippen LogP contribution in [-0.2, 0) is 4.74 Å². The van der Waals surface area contributed by atoms with Gasteiger partial charge in [-0.15, -0.1) is 0 Å². The maximum absolute atomic E-state index is 12.5. The molecule has 2 unspecified atom stereocenters. The van der Waals surface area contributed by atoms with Gasteiger partial charge in [0.2, 0.25) is 5.28 Å². The predicted octanol–water partition coefficient (Wildman–Crippen LogP) is 3.99. The summed E-state index contributed by atoms with van der Waals surface area (Å²) < 4.78 is 5.55. The number of carbonyl (C=O) groups excluding carboxylic acids is 1. The first-order valence-electron chi connectivity index (χ1n) is 7.96. The number of fused-ring (bicyclic) bond motifs is 2. The Balaban J connectivity index is 1.86. The van der Waals surface area contributed by atoms with Gasteiger partial charge in [0.1, 0.15) is 5.60 Å². The normalized spacial score (nSPS) is 23.7. The summed E-state index contributed by atoms with van der Waals surface area (Å²) in [6, 6.07) is 0.245. The lowest BCUT2D eigenvalue weighted by Crippen LogP contribution is -2.45. The van der Waals surface area contributed by atoms with Crippen molar-refractivity contribution in [3.63, 3.8) is 0 Å². The van der Waals surface area contributed by atoms with Crippen LogP contribution in [0, 0.1) is 6.92 Å². The molecule has 23 heavy (non-hydrogen) atoms. The van der Waals surface area contributed by atoms with Gasteiger partial charge in [-0.25, -0.2) is 14.8 Å². The van der Waals surface area contributed by atoms with Gasteiger partial charge in [0.05, 0.1) is 11.7 Å². The van der Waals surface area contributed by atoms with Crippen molar-refractivity contribution in [2.45, 2.75) is 64.6 Å². The summed E-state index contributed by atoms with van der Waals surface area (Å²) in [4.78, 5) is 22.7. The van der Waals surface area contributed by atoms with Gasteiger partial charge in [0.15, 0.2) is 0 Å². The van der Waals surface area contributed by atoms with Crippen LogP contribution in [0.2, 0.25) is 5.28 Å². The Kier molecular flexibility index (Phi) is 4.08. The van der Waals surface area contributed by atoms with Crippen molar-refractivity contribution >= 4 is 23.3 Å². The minimum Gasteiger partial charge on any atom is -0.444 e. The average molecular weight is 336 g/mol. The summed E-state index contributed by atoms with van der Waals surface area (Å²) in [5.41, 5.74) is 2.58. The highest BCUT2D eigenvalue weighted by Crippen LogP contribution is 2.39. The largest absolute Gasteiger partial charge is 0.444 e. The number of rotatable bonds is 1. The van der Waals surface area contributed by atoms with Crippen LogP contribution in [0.3, 0.4) is 0 Å². The zero-order valence-electron chi connectivity index (χ0n) is 14.0. The van der Waals surface area contributed by atoms with E-state index in [1.165, 1.54) is 0 Å². The SMILES string of the molecule is Cc1cnc(Cl)nc1C1=CC2CCC(C1)N2C(=O)OC(C)(C)C. The van der Waals surface area contributed by atoms with Gasteiger partial charge in [-0.2, -0.15) is 0 Å². The number of hydrogen-bond donors (Lipinski definition) is 0. The average Bonchev–Trinajstić information content (AvgIpc) is 2.71. The van der Waals surface area contributed by atoms with E-state index >= 15 is 0 Å². The highest BCUT2D eigenvalue weighted by molar-refractivity contribution is 6.28. The van der Waals surface area contributed by atoms with Gasteiger partial charge in [0.25, 0.3) is 0 Å². The van der Waals surface area contributed by atoms with E-state index in [2.05, 4.69) is 16.0 Å². The molecular weight excluding hydrogens is 314 g/mol. The molecule has 2 aliphatic rings. The molecule has 2 atom stereocenters. The molecule has 1 aromatic rings. The zero-order chi connectivity index (χ0) is 16.8. The minimum atomic E-state index is -0.475. The number of nitrogens with zero attached hydrogens (tertiary/aromatic N) is 3. The smallest absolute Gasteiger partial charge is 0.411 e. The molecule has 3 rings (SSSR count). The van der Waals surface area contributed by atoms with Crippen molar-refractivity contribution in [2.24, 2.45) is 0 Å². The number of hydrogen-bond acceptors (Lipinski definition) is 4. The first-order valence-corrected chi connectivity index (χ1v) is 8.34. The molecule has 5 nitrogen and oxygen atoms in total. The van der Waals surface area contributed by atoms with Crippen LogP contribution in [-0.4, -0.2) is 38.6 Å². The second kappa shape index (κ2) is 5.78. The monoisotopic (exact) mass is 335 g/mol. The fourth-order valence-electron chi connectivity index (χ4n) is 3.35. The van der Waals surface area contributed by atoms with Crippen molar-refractivity contribution < 1.29 is 9.53 Å². The highest BCUT2D eigenvalue weighted by atomic mass is 35.5. The van der Waals surface area contributed by atoms with Crippen molar-refractivity contribution in [1.29, 1.82) is 0 Å². The predicted molar refractivity (Wildman–Crippen MR) is 89.3 cm³/mol. The maximum atomic E-state index is 12.5. The third kappa shape index (κ3) is 3.34. The maximum Gasteiger partial charge on any atom is 0.411 e. The molecule has 0 spiro atoms. The molecule has 1 aromatic heterocycles. The Bertz CT molecular complexity index is 666. The molecule has 124 valence electrons. The molecule has 0 aliphatic carbocycles. The highest BCUT2D eigenvalue weighted by Gasteiger charge is 2.42. The van der Waals surface area contributed by atoms with E-state index in [0.717, 1.165) is 36.1 Å². The van der Waals surface area contributed by atoms with Gasteiger partial charge < -0.3 is 4.74 Å². The van der Waals surface area contributed by atoms with E-state index in [0.29, 0.717) is 0 Å². The summed E-state index contributed by atoms with van der Waals surface area (Å²) in [6.45, 7) is 7.66. The van der Waals surface area contributed by atoms with Crippen LogP contribution in [0.1, 0.15) is 51.3 Å². The number of aryl methyl sites for hydroxylation is 1. The molecule has 3 heterocycles. The number of halogens is 1. The first kappa shape index (κ1) is 16.2. The molecule has 1 fully saturated rings. The third-order valence-corrected chi connectivity index (χ3v) is 4.43. The zero-order valence-corrected chi connectivity index (χ0v) is 14.7. The van der Waals surface area contributed by atoms with Crippen molar-refractivity contribution in [1.82, 2.24) is 14.9 Å². The van der Waals surface area contributed by atoms with Crippen LogP contribution in [0.4, 0.5) is 4.79 Å². The lowest BCUT2D eigenvalue weighted by atomic mass is 9.96. The van der Waals surface area contributed by atoms with Crippen LogP contribution in [0.25, 0.3) is 5.57 Å². The van der Waals surface area contributed by atoms with Crippen molar-refractivity contribution in [3.05, 3.63) is 28.8 Å². The van der Waals surface area contributed by atoms with Gasteiger partial charge >= 0.3 is 6.09 Å². The summed E-state index contributed by atoms with van der Waals surface area (Å²) >= 11 is 5.94. The second-order valence-corrected chi connectivity index (χ2v) is 7.59. The molecular formula is C17H22ClN3O2. The molecule has 1 saturated heterocycles. The van der Waals surface area contributed by atoms with Crippen molar-refractivity contribution in [3.8, 4) is 0 Å². The molecule has 1 amide bonds. The van der Waals surface area contributed by atoms with Crippen LogP contribution < -0.4 is 0 Å². The molecule has 0 radical (unpaired) electrons. The summed E-state index contributed by atoms with van der Waals surface area (Å²) in [6.07, 6.45) is 6.39. The van der Waals surface area contributed by atoms with Gasteiger partial charge in [-0.1, -0.05) is 6.08 Å². The van der Waals surface area contributed by atoms with Gasteiger partial charge in [-0.3, -0.25) is 4.90 Å². The van der Waals surface area contributed by atoms with E-state index in [1.54, 1.807) is 6.20 Å². The Morgan fingerprint density at radius 1 is 1.39 bits per heavy atom. The summed E-state index contributed by atoms with van der Waals surface area (Å²) in [7, 11) is 0. The molecule has 6 heteroatoms. The summed E-state index contributed by atoms with van der Waals surface area (Å²) in [5, 5.41) is 0.258. The Hall–Kier alpha value is -1.62. The topological polar surface area (TPSA) is 55.3 Å². The number of carbonyl (C=O) groups is 1. The number of ether oxygens (including phenoxy) is 1. The van der Waals surface area contributed by atoms with Crippen LogP contribution in [0.5, 0.6) is 0 Å². The van der Waals surface area contributed by atoms with Gasteiger partial charge in [0, 0.05) is 12.2 Å². The van der Waals surface area contributed by atoms with E-state index in [4.69, 9.17) is 16.3 Å². The second-order valence-electron chi connectivity index (χ2n) is 7.25.